The third-order valence-electron chi connectivity index (χ3n) is 7.01. The van der Waals surface area contributed by atoms with Crippen molar-refractivity contribution >= 4 is 19.1 Å². The molecule has 6 nitrogen and oxygen atoms in total. The Morgan fingerprint density at radius 2 is 1.35 bits per heavy atom. The van der Waals surface area contributed by atoms with E-state index in [0.717, 1.165) is 13.0 Å². The van der Waals surface area contributed by atoms with Crippen LogP contribution in [0, 0.1) is 0 Å². The molecule has 1 heterocycles. The van der Waals surface area contributed by atoms with Crippen LogP contribution in [0.4, 0.5) is 0 Å². The van der Waals surface area contributed by atoms with E-state index in [0.29, 0.717) is 32.5 Å². The molecule has 0 aromatic carbocycles. The second-order valence-corrected chi connectivity index (χ2v) is 15.4. The van der Waals surface area contributed by atoms with E-state index in [1.54, 1.807) is 0 Å². The standard InChI is InChI=1S/C27H54NO5P/c1-6-9-20-34(21-10-7-2,22-11-8-3)23-12-17-28-25(29)13-15-27(31-18-19-32-27)16-14-26(30)33-24(4)5/h24,34H,6-23H2,1-5H3,(H,28,29). The number of rotatable bonds is 20. The molecule has 0 saturated carbocycles. The van der Waals surface area contributed by atoms with Crippen molar-refractivity contribution in [1.29, 1.82) is 0 Å². The Labute approximate surface area is 210 Å². The first-order chi connectivity index (χ1) is 16.3. The van der Waals surface area contributed by atoms with E-state index >= 15 is 0 Å². The molecular weight excluding hydrogens is 449 g/mol. The van der Waals surface area contributed by atoms with E-state index in [1.165, 1.54) is 63.2 Å². The molecule has 0 aromatic heterocycles. The quantitative estimate of drug-likeness (QED) is 0.127. The first-order valence-electron chi connectivity index (χ1n) is 14.0. The molecule has 0 atom stereocenters. The number of nitrogens with one attached hydrogen (secondary N) is 1. The molecule has 0 bridgehead atoms. The fourth-order valence-electron chi connectivity index (χ4n) is 5.01. The van der Waals surface area contributed by atoms with Gasteiger partial charge < -0.3 is 0 Å². The molecule has 0 unspecified atom stereocenters. The van der Waals surface area contributed by atoms with Crippen LogP contribution in [0.15, 0.2) is 0 Å². The van der Waals surface area contributed by atoms with Crippen molar-refractivity contribution in [1.82, 2.24) is 5.32 Å². The predicted molar refractivity (Wildman–Crippen MR) is 144 cm³/mol. The van der Waals surface area contributed by atoms with Crippen molar-refractivity contribution in [2.75, 3.05) is 44.4 Å². The number of carbonyl (C=O) groups is 2. The molecule has 202 valence electrons. The monoisotopic (exact) mass is 503 g/mol. The van der Waals surface area contributed by atoms with Gasteiger partial charge in [-0.25, -0.2) is 0 Å². The zero-order valence-corrected chi connectivity index (χ0v) is 23.8. The maximum atomic E-state index is 12.6. The van der Waals surface area contributed by atoms with Gasteiger partial charge in [0.15, 0.2) is 0 Å². The van der Waals surface area contributed by atoms with Crippen molar-refractivity contribution in [3.63, 3.8) is 0 Å². The van der Waals surface area contributed by atoms with Crippen LogP contribution >= 0.6 is 7.26 Å². The van der Waals surface area contributed by atoms with E-state index in [4.69, 9.17) is 14.2 Å². The summed E-state index contributed by atoms with van der Waals surface area (Å²) >= 11 is 0. The molecule has 1 saturated heterocycles. The number of esters is 1. The zero-order chi connectivity index (χ0) is 25.3. The Balaban J connectivity index is 2.47. The van der Waals surface area contributed by atoms with Gasteiger partial charge in [-0.15, -0.1) is 0 Å². The second kappa shape index (κ2) is 17.7. The van der Waals surface area contributed by atoms with Gasteiger partial charge in [-0.1, -0.05) is 0 Å². The van der Waals surface area contributed by atoms with Crippen molar-refractivity contribution in [2.45, 2.75) is 117 Å². The van der Waals surface area contributed by atoms with Crippen molar-refractivity contribution in [3.8, 4) is 0 Å². The Hall–Kier alpha value is -0.710. The molecular formula is C27H54NO5P. The molecule has 1 aliphatic rings. The van der Waals surface area contributed by atoms with Crippen LogP contribution in [0.5, 0.6) is 0 Å². The summed E-state index contributed by atoms with van der Waals surface area (Å²) in [5, 5.41) is 3.14. The molecule has 1 fully saturated rings. The van der Waals surface area contributed by atoms with E-state index in [2.05, 4.69) is 26.1 Å². The van der Waals surface area contributed by atoms with Crippen molar-refractivity contribution in [2.24, 2.45) is 0 Å². The van der Waals surface area contributed by atoms with Gasteiger partial charge in [0.25, 0.3) is 0 Å². The summed E-state index contributed by atoms with van der Waals surface area (Å²) in [6.45, 7) is 12.3. The van der Waals surface area contributed by atoms with E-state index < -0.39 is 13.0 Å². The average molecular weight is 504 g/mol. The van der Waals surface area contributed by atoms with Gasteiger partial charge in [0, 0.05) is 0 Å². The van der Waals surface area contributed by atoms with Gasteiger partial charge >= 0.3 is 190 Å². The van der Waals surface area contributed by atoms with Gasteiger partial charge in [-0.2, -0.15) is 0 Å². The molecule has 0 spiro atoms. The molecule has 0 radical (unpaired) electrons. The van der Waals surface area contributed by atoms with Crippen molar-refractivity contribution in [3.05, 3.63) is 0 Å². The summed E-state index contributed by atoms with van der Waals surface area (Å²) < 4.78 is 16.9. The Bertz CT molecular complexity index is 541. The minimum atomic E-state index is -1.25. The van der Waals surface area contributed by atoms with E-state index in [-0.39, 0.29) is 24.4 Å². The molecule has 0 aliphatic carbocycles. The van der Waals surface area contributed by atoms with Crippen LogP contribution in [-0.2, 0) is 23.8 Å². The number of ether oxygens (including phenoxy) is 3. The molecule has 1 N–H and O–H groups in total. The molecule has 34 heavy (non-hydrogen) atoms. The number of hydrogen-bond donors (Lipinski definition) is 1. The van der Waals surface area contributed by atoms with E-state index in [9.17, 15) is 9.59 Å². The van der Waals surface area contributed by atoms with Gasteiger partial charge in [0.1, 0.15) is 0 Å². The number of unbranched alkanes of at least 4 members (excludes halogenated alkanes) is 3. The maximum absolute atomic E-state index is 12.6. The Morgan fingerprint density at radius 3 is 1.85 bits per heavy atom. The number of hydrogen-bond acceptors (Lipinski definition) is 5. The molecule has 1 amide bonds. The van der Waals surface area contributed by atoms with Crippen LogP contribution in [-0.4, -0.2) is 68.2 Å². The van der Waals surface area contributed by atoms with Crippen LogP contribution in [0.25, 0.3) is 0 Å². The third kappa shape index (κ3) is 12.8. The third-order valence-corrected chi connectivity index (χ3v) is 12.7. The first kappa shape index (κ1) is 31.3. The van der Waals surface area contributed by atoms with Crippen LogP contribution in [0.1, 0.15) is 105 Å². The Kier molecular flexibility index (Phi) is 16.3. The molecule has 1 aliphatic heterocycles. The predicted octanol–water partition coefficient (Wildman–Crippen LogP) is 5.90. The summed E-state index contributed by atoms with van der Waals surface area (Å²) in [5.41, 5.74) is 0. The molecule has 0 aromatic rings. The normalized spacial score (nSPS) is 16.1. The van der Waals surface area contributed by atoms with Crippen molar-refractivity contribution < 1.29 is 23.8 Å². The van der Waals surface area contributed by atoms with Crippen LogP contribution in [0.2, 0.25) is 0 Å². The summed E-state index contributed by atoms with van der Waals surface area (Å²) in [5.74, 6) is -1.04. The Morgan fingerprint density at radius 1 is 0.853 bits per heavy atom. The zero-order valence-electron chi connectivity index (χ0n) is 22.8. The number of carbonyl (C=O) groups excluding carboxylic acids is 2. The van der Waals surface area contributed by atoms with Gasteiger partial charge in [0.05, 0.1) is 6.10 Å². The molecule has 7 heteroatoms. The van der Waals surface area contributed by atoms with Gasteiger partial charge in [-0.05, 0) is 13.8 Å². The van der Waals surface area contributed by atoms with Gasteiger partial charge in [0.2, 0.25) is 0 Å². The summed E-state index contributed by atoms with van der Waals surface area (Å²) in [7, 11) is -1.25. The summed E-state index contributed by atoms with van der Waals surface area (Å²) in [6.07, 6.45) is 16.1. The second-order valence-electron chi connectivity index (χ2n) is 10.4. The minimum absolute atomic E-state index is 0.0474. The fraction of sp³-hybridized carbons (Fsp3) is 0.926. The molecule has 1 rings (SSSR count). The van der Waals surface area contributed by atoms with Crippen LogP contribution in [0.3, 0.4) is 0 Å². The first-order valence-corrected chi connectivity index (χ1v) is 16.9. The summed E-state index contributed by atoms with van der Waals surface area (Å²) in [4.78, 5) is 24.5. The number of amides is 1. The fourth-order valence-corrected chi connectivity index (χ4v) is 10.8. The average Bonchev–Trinajstić information content (AvgIpc) is 3.28. The topological polar surface area (TPSA) is 73.9 Å². The van der Waals surface area contributed by atoms with E-state index in [1.807, 2.05) is 13.8 Å². The summed E-state index contributed by atoms with van der Waals surface area (Å²) in [6, 6.07) is 0. The SMILES string of the molecule is CCCC[PH](CCCC)(CCCC)CCCNC(=O)CCC1(CCC(=O)OC(C)C)OCCO1. The van der Waals surface area contributed by atoms with Crippen LogP contribution < -0.4 is 5.32 Å². The van der Waals surface area contributed by atoms with Gasteiger partial charge in [-0.3, -0.25) is 0 Å².